The van der Waals surface area contributed by atoms with Gasteiger partial charge < -0.3 is 14.6 Å². The van der Waals surface area contributed by atoms with Crippen LogP contribution in [0.25, 0.3) is 11.2 Å². The van der Waals surface area contributed by atoms with E-state index < -0.39 is 0 Å². The Morgan fingerprint density at radius 3 is 2.72 bits per heavy atom. The van der Waals surface area contributed by atoms with Gasteiger partial charge in [-0.25, -0.2) is 4.98 Å². The molecule has 0 unspecified atom stereocenters. The maximum absolute atomic E-state index is 12.6. The number of halogens is 3. The number of rotatable bonds is 6. The zero-order valence-electron chi connectivity index (χ0n) is 15.5. The van der Waals surface area contributed by atoms with Gasteiger partial charge in [-0.3, -0.25) is 14.7 Å². The largest absolute Gasteiger partial charge is 0.379 e. The molecule has 1 fully saturated rings. The molecule has 8 nitrogen and oxygen atoms in total. The zero-order valence-corrected chi connectivity index (χ0v) is 17.9. The van der Waals surface area contributed by atoms with E-state index in [1.807, 2.05) is 10.6 Å². The van der Waals surface area contributed by atoms with Gasteiger partial charge in [0.15, 0.2) is 11.2 Å². The van der Waals surface area contributed by atoms with E-state index in [4.69, 9.17) is 27.9 Å². The molecule has 0 bridgehead atoms. The Bertz CT molecular complexity index is 1030. The molecule has 2 N–H and O–H groups in total. The molecule has 156 valence electrons. The van der Waals surface area contributed by atoms with Crippen molar-refractivity contribution in [3.63, 3.8) is 0 Å². The number of aromatic nitrogens is 4. The lowest BCUT2D eigenvalue weighted by atomic mass is 10.2. The zero-order chi connectivity index (χ0) is 19.5. The van der Waals surface area contributed by atoms with Gasteiger partial charge in [0.25, 0.3) is 5.56 Å². The Morgan fingerprint density at radius 2 is 1.97 bits per heavy atom. The first-order valence-corrected chi connectivity index (χ1v) is 9.79. The third-order valence-corrected chi connectivity index (χ3v) is 5.43. The Labute approximate surface area is 183 Å². The standard InChI is InChI=1S/C18H20Cl2N6O2.ClH/c19-13-2-1-12(9-14(13)20)10-21-18-23-16-15(17(27)24-18)26(11-22-16)4-3-25-5-7-28-8-6-25;/h1-2,9,11H,3-8,10H2,(H2,21,23,24,27);1H. The average molecular weight is 460 g/mol. The van der Waals surface area contributed by atoms with Gasteiger partial charge in [-0.15, -0.1) is 12.4 Å². The Balaban J connectivity index is 0.00000240. The molecule has 0 amide bonds. The second-order valence-electron chi connectivity index (χ2n) is 6.58. The van der Waals surface area contributed by atoms with Crippen LogP contribution in [0.3, 0.4) is 0 Å². The summed E-state index contributed by atoms with van der Waals surface area (Å²) >= 11 is 12.0. The van der Waals surface area contributed by atoms with Gasteiger partial charge in [0.05, 0.1) is 29.6 Å². The summed E-state index contributed by atoms with van der Waals surface area (Å²) in [6.45, 7) is 5.28. The van der Waals surface area contributed by atoms with Crippen LogP contribution in [0.1, 0.15) is 5.56 Å². The minimum Gasteiger partial charge on any atom is -0.379 e. The van der Waals surface area contributed by atoms with E-state index in [-0.39, 0.29) is 18.0 Å². The first-order chi connectivity index (χ1) is 13.6. The number of hydrogen-bond donors (Lipinski definition) is 2. The molecular weight excluding hydrogens is 439 g/mol. The summed E-state index contributed by atoms with van der Waals surface area (Å²) in [4.78, 5) is 26.4. The molecule has 1 aliphatic heterocycles. The minimum atomic E-state index is -0.221. The molecule has 0 aliphatic carbocycles. The van der Waals surface area contributed by atoms with Crippen molar-refractivity contribution in [1.29, 1.82) is 0 Å². The molecule has 3 aromatic rings. The maximum atomic E-state index is 12.6. The Morgan fingerprint density at radius 1 is 1.17 bits per heavy atom. The van der Waals surface area contributed by atoms with Crippen LogP contribution >= 0.6 is 35.6 Å². The van der Waals surface area contributed by atoms with Gasteiger partial charge in [-0.1, -0.05) is 29.3 Å². The molecule has 4 rings (SSSR count). The third-order valence-electron chi connectivity index (χ3n) is 4.69. The summed E-state index contributed by atoms with van der Waals surface area (Å²) in [7, 11) is 0. The quantitative estimate of drug-likeness (QED) is 0.589. The van der Waals surface area contributed by atoms with Crippen LogP contribution in [0.15, 0.2) is 29.3 Å². The molecule has 11 heteroatoms. The number of H-pyrrole nitrogens is 1. The molecule has 1 aromatic carbocycles. The van der Waals surface area contributed by atoms with Crippen molar-refractivity contribution in [2.45, 2.75) is 13.1 Å². The van der Waals surface area contributed by atoms with Crippen LogP contribution < -0.4 is 10.9 Å². The third kappa shape index (κ3) is 5.21. The topological polar surface area (TPSA) is 88.1 Å². The van der Waals surface area contributed by atoms with E-state index in [9.17, 15) is 4.79 Å². The number of fused-ring (bicyclic) bond motifs is 1. The van der Waals surface area contributed by atoms with Gasteiger partial charge >= 0.3 is 0 Å². The fourth-order valence-electron chi connectivity index (χ4n) is 3.15. The monoisotopic (exact) mass is 458 g/mol. The number of ether oxygens (including phenoxy) is 1. The van der Waals surface area contributed by atoms with E-state index in [0.717, 1.165) is 38.4 Å². The molecule has 29 heavy (non-hydrogen) atoms. The normalized spacial score (nSPS) is 14.7. The highest BCUT2D eigenvalue weighted by molar-refractivity contribution is 6.42. The number of nitrogens with one attached hydrogen (secondary N) is 2. The average Bonchev–Trinajstić information content (AvgIpc) is 3.12. The molecule has 1 aliphatic rings. The van der Waals surface area contributed by atoms with Crippen molar-refractivity contribution in [3.8, 4) is 0 Å². The lowest BCUT2D eigenvalue weighted by molar-refractivity contribution is 0.0365. The van der Waals surface area contributed by atoms with Crippen LogP contribution in [-0.4, -0.2) is 57.3 Å². The van der Waals surface area contributed by atoms with Gasteiger partial charge in [0.1, 0.15) is 0 Å². The number of aromatic amines is 1. The lowest BCUT2D eigenvalue weighted by Crippen LogP contribution is -2.38. The molecule has 0 spiro atoms. The Kier molecular flexibility index (Phi) is 7.37. The second kappa shape index (κ2) is 9.77. The smallest absolute Gasteiger partial charge is 0.278 e. The van der Waals surface area contributed by atoms with Crippen molar-refractivity contribution >= 4 is 52.7 Å². The fourth-order valence-corrected chi connectivity index (χ4v) is 3.47. The van der Waals surface area contributed by atoms with E-state index in [1.54, 1.807) is 18.5 Å². The van der Waals surface area contributed by atoms with Crippen molar-refractivity contribution < 1.29 is 4.74 Å². The first-order valence-electron chi connectivity index (χ1n) is 9.03. The SMILES string of the molecule is Cl.O=c1[nH]c(NCc2ccc(Cl)c(Cl)c2)nc2ncn(CCN3CCOCC3)c12. The summed E-state index contributed by atoms with van der Waals surface area (Å²) < 4.78 is 7.21. The van der Waals surface area contributed by atoms with Gasteiger partial charge in [0, 0.05) is 32.7 Å². The highest BCUT2D eigenvalue weighted by Gasteiger charge is 2.14. The van der Waals surface area contributed by atoms with Gasteiger partial charge in [-0.2, -0.15) is 4.98 Å². The number of benzene rings is 1. The van der Waals surface area contributed by atoms with Crippen LogP contribution in [0, 0.1) is 0 Å². The van der Waals surface area contributed by atoms with E-state index >= 15 is 0 Å². The summed E-state index contributed by atoms with van der Waals surface area (Å²) in [5, 5.41) is 4.08. The molecular formula is C18H21Cl3N6O2. The van der Waals surface area contributed by atoms with Crippen molar-refractivity contribution in [3.05, 3.63) is 50.5 Å². The lowest BCUT2D eigenvalue weighted by Gasteiger charge is -2.26. The Hall–Kier alpha value is -1.84. The predicted molar refractivity (Wildman–Crippen MR) is 116 cm³/mol. The maximum Gasteiger partial charge on any atom is 0.278 e. The number of imidazole rings is 1. The molecule has 1 saturated heterocycles. The van der Waals surface area contributed by atoms with Crippen molar-refractivity contribution in [1.82, 2.24) is 24.4 Å². The number of anilines is 1. The molecule has 0 saturated carbocycles. The number of morpholine rings is 1. The number of hydrogen-bond acceptors (Lipinski definition) is 6. The van der Waals surface area contributed by atoms with E-state index in [1.165, 1.54) is 0 Å². The predicted octanol–water partition coefficient (Wildman–Crippen LogP) is 2.79. The second-order valence-corrected chi connectivity index (χ2v) is 7.40. The van der Waals surface area contributed by atoms with Crippen molar-refractivity contribution in [2.24, 2.45) is 0 Å². The molecule has 2 aromatic heterocycles. The highest BCUT2D eigenvalue weighted by atomic mass is 35.5. The van der Waals surface area contributed by atoms with E-state index in [0.29, 0.717) is 40.2 Å². The van der Waals surface area contributed by atoms with Gasteiger partial charge in [0.2, 0.25) is 5.95 Å². The van der Waals surface area contributed by atoms with Gasteiger partial charge in [-0.05, 0) is 17.7 Å². The highest BCUT2D eigenvalue weighted by Crippen LogP contribution is 2.22. The minimum absolute atomic E-state index is 0. The first kappa shape index (κ1) is 21.9. The van der Waals surface area contributed by atoms with Crippen LogP contribution in [0.5, 0.6) is 0 Å². The molecule has 0 atom stereocenters. The van der Waals surface area contributed by atoms with Crippen LogP contribution in [-0.2, 0) is 17.8 Å². The summed E-state index contributed by atoms with van der Waals surface area (Å²) in [6.07, 6.45) is 1.66. The van der Waals surface area contributed by atoms with E-state index in [2.05, 4.69) is 25.2 Å². The summed E-state index contributed by atoms with van der Waals surface area (Å²) in [5.41, 5.74) is 1.60. The van der Waals surface area contributed by atoms with Crippen molar-refractivity contribution in [2.75, 3.05) is 38.2 Å². The fraction of sp³-hybridized carbons (Fsp3) is 0.389. The molecule has 3 heterocycles. The molecule has 0 radical (unpaired) electrons. The van der Waals surface area contributed by atoms with Crippen LogP contribution in [0.4, 0.5) is 5.95 Å². The number of nitrogens with zero attached hydrogens (tertiary/aromatic N) is 4. The van der Waals surface area contributed by atoms with Crippen LogP contribution in [0.2, 0.25) is 10.0 Å². The summed E-state index contributed by atoms with van der Waals surface area (Å²) in [5.74, 6) is 0.363. The summed E-state index contributed by atoms with van der Waals surface area (Å²) in [6, 6.07) is 5.36.